The van der Waals surface area contributed by atoms with E-state index in [-0.39, 0.29) is 18.0 Å². The molecule has 0 unspecified atom stereocenters. The van der Waals surface area contributed by atoms with Gasteiger partial charge >= 0.3 is 0 Å². The van der Waals surface area contributed by atoms with Gasteiger partial charge in [-0.2, -0.15) is 0 Å². The summed E-state index contributed by atoms with van der Waals surface area (Å²) in [4.78, 5) is 31.2. The normalized spacial score (nSPS) is 11.0. The first-order chi connectivity index (χ1) is 12.6. The minimum atomic E-state index is -0.275. The summed E-state index contributed by atoms with van der Waals surface area (Å²) in [5, 5.41) is 7.27. The van der Waals surface area contributed by atoms with E-state index >= 15 is 0 Å². The van der Waals surface area contributed by atoms with Crippen LogP contribution >= 0.6 is 38.6 Å². The molecule has 0 bridgehead atoms. The fraction of sp³-hybridized carbons (Fsp3) is 0.0556. The van der Waals surface area contributed by atoms with Crippen molar-refractivity contribution in [1.29, 1.82) is 0 Å². The van der Waals surface area contributed by atoms with Crippen molar-refractivity contribution in [3.8, 4) is 10.4 Å². The fourth-order valence-electron chi connectivity index (χ4n) is 2.58. The second-order valence-electron chi connectivity index (χ2n) is 5.54. The Hall–Kier alpha value is -2.29. The van der Waals surface area contributed by atoms with Gasteiger partial charge in [-0.3, -0.25) is 14.2 Å². The molecule has 0 fully saturated rings. The molecule has 0 radical (unpaired) electrons. The molecule has 3 aromatic heterocycles. The number of hydrogen-bond acceptors (Lipinski definition) is 5. The van der Waals surface area contributed by atoms with Crippen molar-refractivity contribution in [1.82, 2.24) is 9.55 Å². The maximum absolute atomic E-state index is 12.9. The summed E-state index contributed by atoms with van der Waals surface area (Å²) in [5.74, 6) is -0.275. The number of thiophene rings is 2. The van der Waals surface area contributed by atoms with Gasteiger partial charge in [0.2, 0.25) is 5.91 Å². The number of nitrogens with zero attached hydrogens (tertiary/aromatic N) is 2. The molecule has 1 amide bonds. The number of anilines is 1. The van der Waals surface area contributed by atoms with E-state index in [9.17, 15) is 9.59 Å². The molecule has 0 spiro atoms. The molecule has 1 N–H and O–H groups in total. The summed E-state index contributed by atoms with van der Waals surface area (Å²) in [6.45, 7) is -0.0857. The zero-order chi connectivity index (χ0) is 18.1. The predicted octanol–water partition coefficient (Wildman–Crippen LogP) is 4.59. The lowest BCUT2D eigenvalue weighted by Gasteiger charge is -2.07. The highest BCUT2D eigenvalue weighted by molar-refractivity contribution is 9.10. The van der Waals surface area contributed by atoms with Crippen LogP contribution in [0.25, 0.3) is 20.7 Å². The van der Waals surface area contributed by atoms with Gasteiger partial charge in [-0.25, -0.2) is 4.98 Å². The van der Waals surface area contributed by atoms with E-state index in [2.05, 4.69) is 26.2 Å². The third-order valence-electron chi connectivity index (χ3n) is 3.79. The Morgan fingerprint density at radius 2 is 2.00 bits per heavy atom. The summed E-state index contributed by atoms with van der Waals surface area (Å²) >= 11 is 6.36. The second kappa shape index (κ2) is 7.14. The largest absolute Gasteiger partial charge is 0.325 e. The molecule has 130 valence electrons. The smallest absolute Gasteiger partial charge is 0.263 e. The Bertz CT molecular complexity index is 1130. The van der Waals surface area contributed by atoms with E-state index in [1.807, 2.05) is 35.0 Å². The number of hydrogen-bond donors (Lipinski definition) is 1. The number of rotatable bonds is 4. The molecule has 0 aliphatic carbocycles. The van der Waals surface area contributed by atoms with Gasteiger partial charge in [-0.15, -0.1) is 22.7 Å². The summed E-state index contributed by atoms with van der Waals surface area (Å²) in [7, 11) is 0. The highest BCUT2D eigenvalue weighted by Crippen LogP contribution is 2.33. The number of nitrogens with one attached hydrogen (secondary N) is 1. The molecule has 8 heteroatoms. The highest BCUT2D eigenvalue weighted by atomic mass is 79.9. The van der Waals surface area contributed by atoms with Crippen molar-refractivity contribution in [2.24, 2.45) is 0 Å². The highest BCUT2D eigenvalue weighted by Gasteiger charge is 2.15. The van der Waals surface area contributed by atoms with Gasteiger partial charge in [0.25, 0.3) is 5.56 Å². The Morgan fingerprint density at radius 3 is 2.73 bits per heavy atom. The van der Waals surface area contributed by atoms with Crippen LogP contribution in [0.3, 0.4) is 0 Å². The molecule has 0 atom stereocenters. The molecular weight excluding hydrogens is 434 g/mol. The zero-order valence-electron chi connectivity index (χ0n) is 13.3. The fourth-order valence-corrected chi connectivity index (χ4v) is 4.57. The van der Waals surface area contributed by atoms with E-state index < -0.39 is 0 Å². The molecule has 1 aromatic carbocycles. The number of halogens is 1. The van der Waals surface area contributed by atoms with Gasteiger partial charge in [0.1, 0.15) is 11.4 Å². The van der Waals surface area contributed by atoms with E-state index in [1.165, 1.54) is 22.2 Å². The van der Waals surface area contributed by atoms with Gasteiger partial charge < -0.3 is 5.32 Å². The Balaban J connectivity index is 1.63. The van der Waals surface area contributed by atoms with Crippen molar-refractivity contribution in [2.45, 2.75) is 6.54 Å². The molecule has 0 saturated heterocycles. The van der Waals surface area contributed by atoms with Crippen LogP contribution in [0, 0.1) is 0 Å². The Kier molecular flexibility index (Phi) is 4.71. The number of benzene rings is 1. The SMILES string of the molecule is O=C(Cn1cnc2scc(-c3cccs3)c2c1=O)Nc1ccc(Br)cc1. The summed E-state index contributed by atoms with van der Waals surface area (Å²) in [6.07, 6.45) is 1.43. The summed E-state index contributed by atoms with van der Waals surface area (Å²) in [5.41, 5.74) is 1.35. The van der Waals surface area contributed by atoms with Crippen molar-refractivity contribution in [3.63, 3.8) is 0 Å². The molecule has 0 aliphatic heterocycles. The minimum Gasteiger partial charge on any atom is -0.325 e. The second-order valence-corrected chi connectivity index (χ2v) is 8.26. The molecule has 5 nitrogen and oxygen atoms in total. The third kappa shape index (κ3) is 3.35. The van der Waals surface area contributed by atoms with Crippen LogP contribution in [0.4, 0.5) is 5.69 Å². The number of aromatic nitrogens is 2. The van der Waals surface area contributed by atoms with Gasteiger partial charge in [-0.05, 0) is 35.7 Å². The van der Waals surface area contributed by atoms with Crippen molar-refractivity contribution < 1.29 is 4.79 Å². The maximum atomic E-state index is 12.9. The summed E-state index contributed by atoms with van der Waals surface area (Å²) in [6, 6.07) is 11.2. The van der Waals surface area contributed by atoms with Gasteiger partial charge in [0.15, 0.2) is 0 Å². The lowest BCUT2D eigenvalue weighted by Crippen LogP contribution is -2.27. The number of amides is 1. The lowest BCUT2D eigenvalue weighted by molar-refractivity contribution is -0.116. The Labute approximate surface area is 165 Å². The van der Waals surface area contributed by atoms with Crippen molar-refractivity contribution in [3.05, 3.63) is 68.3 Å². The van der Waals surface area contributed by atoms with Gasteiger partial charge in [-0.1, -0.05) is 22.0 Å². The van der Waals surface area contributed by atoms with Crippen LogP contribution < -0.4 is 10.9 Å². The van der Waals surface area contributed by atoms with E-state index in [4.69, 9.17) is 0 Å². The number of carbonyl (C=O) groups excluding carboxylic acids is 1. The molecule has 4 aromatic rings. The quantitative estimate of drug-likeness (QED) is 0.499. The molecule has 3 heterocycles. The van der Waals surface area contributed by atoms with Crippen LogP contribution in [0.5, 0.6) is 0 Å². The topological polar surface area (TPSA) is 64.0 Å². The van der Waals surface area contributed by atoms with Crippen LogP contribution in [0.2, 0.25) is 0 Å². The lowest BCUT2D eigenvalue weighted by atomic mass is 10.2. The average molecular weight is 446 g/mol. The molecular formula is C18H12BrN3O2S2. The Morgan fingerprint density at radius 1 is 1.19 bits per heavy atom. The summed E-state index contributed by atoms with van der Waals surface area (Å²) < 4.78 is 2.28. The van der Waals surface area contributed by atoms with Crippen LogP contribution in [-0.4, -0.2) is 15.5 Å². The van der Waals surface area contributed by atoms with Gasteiger partial charge in [0.05, 0.1) is 11.7 Å². The van der Waals surface area contributed by atoms with E-state index in [1.54, 1.807) is 23.5 Å². The van der Waals surface area contributed by atoms with Crippen LogP contribution in [0.1, 0.15) is 0 Å². The maximum Gasteiger partial charge on any atom is 0.263 e. The first kappa shape index (κ1) is 17.1. The standard InChI is InChI=1S/C18H12BrN3O2S2/c19-11-3-5-12(6-4-11)21-15(23)8-22-10-20-17-16(18(22)24)13(9-26-17)14-2-1-7-25-14/h1-7,9-10H,8H2,(H,21,23). The van der Waals surface area contributed by atoms with Crippen LogP contribution in [0.15, 0.2) is 62.8 Å². The van der Waals surface area contributed by atoms with Crippen molar-refractivity contribution >= 4 is 60.4 Å². The molecule has 0 aliphatic rings. The third-order valence-corrected chi connectivity index (χ3v) is 6.11. The first-order valence-electron chi connectivity index (χ1n) is 7.68. The van der Waals surface area contributed by atoms with Crippen molar-refractivity contribution in [2.75, 3.05) is 5.32 Å². The monoisotopic (exact) mass is 445 g/mol. The zero-order valence-corrected chi connectivity index (χ0v) is 16.5. The van der Waals surface area contributed by atoms with E-state index in [0.717, 1.165) is 14.9 Å². The number of carbonyl (C=O) groups is 1. The minimum absolute atomic E-state index is 0.0857. The predicted molar refractivity (Wildman–Crippen MR) is 110 cm³/mol. The molecule has 4 rings (SSSR count). The first-order valence-corrected chi connectivity index (χ1v) is 10.2. The molecule has 0 saturated carbocycles. The van der Waals surface area contributed by atoms with Gasteiger partial charge in [0, 0.05) is 26.0 Å². The number of fused-ring (bicyclic) bond motifs is 1. The average Bonchev–Trinajstić information content (AvgIpc) is 3.29. The van der Waals surface area contributed by atoms with Crippen LogP contribution in [-0.2, 0) is 11.3 Å². The molecule has 26 heavy (non-hydrogen) atoms. The van der Waals surface area contributed by atoms with E-state index in [0.29, 0.717) is 15.9 Å².